The van der Waals surface area contributed by atoms with E-state index < -0.39 is 23.4 Å². The van der Waals surface area contributed by atoms with E-state index in [9.17, 15) is 14.4 Å². The third kappa shape index (κ3) is 3.54. The van der Waals surface area contributed by atoms with Crippen LogP contribution in [0.5, 0.6) is 5.75 Å². The maximum absolute atomic E-state index is 14.8. The summed E-state index contributed by atoms with van der Waals surface area (Å²) in [6.07, 6.45) is 3.93. The van der Waals surface area contributed by atoms with Crippen LogP contribution in [-0.2, 0) is 10.2 Å². The second-order valence-electron chi connectivity index (χ2n) is 10.5. The summed E-state index contributed by atoms with van der Waals surface area (Å²) in [5, 5.41) is 3.33. The molecule has 1 fully saturated rings. The Morgan fingerprint density at radius 3 is 2.49 bits per heavy atom. The van der Waals surface area contributed by atoms with Gasteiger partial charge >= 0.3 is 0 Å². The van der Waals surface area contributed by atoms with E-state index in [1.54, 1.807) is 48.5 Å². The number of amides is 1. The quantitative estimate of drug-likeness (QED) is 0.294. The number of benzene rings is 4. The molecule has 4 atom stereocenters. The molecular weight excluding hydrogens is 536 g/mol. The largest absolute Gasteiger partial charge is 0.497 e. The Balaban J connectivity index is 1.55. The minimum absolute atomic E-state index is 0.291. The monoisotopic (exact) mass is 560 g/mol. The fraction of sp³-hybridized carbons (Fsp3) is 0.147. The third-order valence-corrected chi connectivity index (χ3v) is 8.92. The van der Waals surface area contributed by atoms with Crippen molar-refractivity contribution in [2.45, 2.75) is 17.5 Å². The molecule has 202 valence electrons. The van der Waals surface area contributed by atoms with Gasteiger partial charge in [-0.05, 0) is 47.5 Å². The maximum atomic E-state index is 14.8. The van der Waals surface area contributed by atoms with Crippen LogP contribution < -0.4 is 15.0 Å². The number of hydrogen-bond acceptors (Lipinski definition) is 5. The van der Waals surface area contributed by atoms with Gasteiger partial charge in [-0.15, -0.1) is 0 Å². The van der Waals surface area contributed by atoms with Crippen molar-refractivity contribution in [3.63, 3.8) is 0 Å². The molecule has 1 N–H and O–H groups in total. The normalized spacial score (nSPS) is 23.5. The summed E-state index contributed by atoms with van der Waals surface area (Å²) in [4.78, 5) is 45.9. The average Bonchev–Trinajstić information content (AvgIpc) is 3.49. The number of nitrogens with one attached hydrogen (secondary N) is 1. The molecule has 3 aliphatic rings. The molecule has 7 heteroatoms. The summed E-state index contributed by atoms with van der Waals surface area (Å²) < 4.78 is 5.42. The van der Waals surface area contributed by atoms with E-state index in [1.807, 2.05) is 65.6 Å². The van der Waals surface area contributed by atoms with Crippen molar-refractivity contribution in [1.29, 1.82) is 0 Å². The number of Topliss-reactive ketones (excluding diaryl/α,β-unsaturated/α-hetero) is 2. The van der Waals surface area contributed by atoms with Gasteiger partial charge in [-0.1, -0.05) is 84.4 Å². The number of ether oxygens (including phenoxy) is 1. The summed E-state index contributed by atoms with van der Waals surface area (Å²) in [6.45, 7) is 0. The molecule has 0 aliphatic carbocycles. The molecule has 6 nitrogen and oxygen atoms in total. The molecular formula is C34H25ClN2O4. The highest BCUT2D eigenvalue weighted by Gasteiger charge is 2.70. The van der Waals surface area contributed by atoms with Crippen LogP contribution in [-0.4, -0.2) is 36.7 Å². The summed E-state index contributed by atoms with van der Waals surface area (Å²) in [5.74, 6) is -1.52. The number of halogens is 1. The molecule has 0 saturated carbocycles. The standard InChI is InChI=1S/C34H25ClN2O4/c1-41-22-11-8-10-21(19-22)31(38)29-30(32(39)23-12-3-5-14-25(23)35)37-27-16-7-2-9-20(27)17-18-28(37)34(29)24-13-4-6-15-26(24)36-33(34)40/h2-19,28-30H,1H3,(H,36,40)/t28-,29+,30-,34+/m1/s1. The first-order chi connectivity index (χ1) is 20.0. The van der Waals surface area contributed by atoms with Crippen LogP contribution >= 0.6 is 11.6 Å². The van der Waals surface area contributed by atoms with E-state index >= 15 is 0 Å². The summed E-state index contributed by atoms with van der Waals surface area (Å²) in [5.41, 5.74) is 2.29. The van der Waals surface area contributed by atoms with Gasteiger partial charge in [-0.2, -0.15) is 0 Å². The van der Waals surface area contributed by atoms with Crippen LogP contribution in [0.15, 0.2) is 103 Å². The highest BCUT2D eigenvalue weighted by Crippen LogP contribution is 2.58. The molecule has 0 unspecified atom stereocenters. The number of ketones is 2. The second-order valence-corrected chi connectivity index (χ2v) is 10.9. The molecule has 7 rings (SSSR count). The summed E-state index contributed by atoms with van der Waals surface area (Å²) >= 11 is 6.58. The molecule has 0 bridgehead atoms. The number of para-hydroxylation sites is 2. The van der Waals surface area contributed by atoms with Gasteiger partial charge in [0.05, 0.1) is 24.1 Å². The Labute approximate surface area is 242 Å². The molecule has 1 saturated heterocycles. The number of hydrogen-bond donors (Lipinski definition) is 1. The Morgan fingerprint density at radius 2 is 1.66 bits per heavy atom. The van der Waals surface area contributed by atoms with Crippen molar-refractivity contribution in [2.75, 3.05) is 17.3 Å². The van der Waals surface area contributed by atoms with Crippen LogP contribution in [0.25, 0.3) is 6.08 Å². The lowest BCUT2D eigenvalue weighted by Gasteiger charge is -2.37. The van der Waals surface area contributed by atoms with Crippen molar-refractivity contribution in [3.8, 4) is 5.75 Å². The van der Waals surface area contributed by atoms with Crippen molar-refractivity contribution >= 4 is 46.5 Å². The first kappa shape index (κ1) is 25.3. The topological polar surface area (TPSA) is 75.7 Å². The number of rotatable bonds is 5. The Hall–Kier alpha value is -4.68. The van der Waals surface area contributed by atoms with Crippen LogP contribution in [0.1, 0.15) is 31.8 Å². The number of nitrogens with zero attached hydrogens (tertiary/aromatic N) is 1. The van der Waals surface area contributed by atoms with Crippen LogP contribution in [0.4, 0.5) is 11.4 Å². The molecule has 0 radical (unpaired) electrons. The number of fused-ring (bicyclic) bond motifs is 6. The van der Waals surface area contributed by atoms with Gasteiger partial charge in [0.2, 0.25) is 5.91 Å². The zero-order valence-corrected chi connectivity index (χ0v) is 22.8. The Bertz CT molecular complexity index is 1780. The number of carbonyl (C=O) groups excluding carboxylic acids is 3. The lowest BCUT2D eigenvalue weighted by molar-refractivity contribution is -0.121. The highest BCUT2D eigenvalue weighted by molar-refractivity contribution is 6.34. The predicted molar refractivity (Wildman–Crippen MR) is 159 cm³/mol. The minimum Gasteiger partial charge on any atom is -0.497 e. The van der Waals surface area contributed by atoms with Gasteiger partial charge in [-0.3, -0.25) is 14.4 Å². The van der Waals surface area contributed by atoms with Gasteiger partial charge in [-0.25, -0.2) is 0 Å². The Kier molecular flexibility index (Phi) is 5.84. The van der Waals surface area contributed by atoms with Crippen molar-refractivity contribution < 1.29 is 19.1 Å². The molecule has 0 aromatic heterocycles. The minimum atomic E-state index is -1.39. The third-order valence-electron chi connectivity index (χ3n) is 8.59. The highest BCUT2D eigenvalue weighted by atomic mass is 35.5. The van der Waals surface area contributed by atoms with Crippen molar-refractivity contribution in [1.82, 2.24) is 0 Å². The number of carbonyl (C=O) groups is 3. The van der Waals surface area contributed by atoms with E-state index in [4.69, 9.17) is 16.3 Å². The average molecular weight is 561 g/mol. The first-order valence-electron chi connectivity index (χ1n) is 13.4. The van der Waals surface area contributed by atoms with E-state index in [0.717, 1.165) is 11.3 Å². The second kappa shape index (κ2) is 9.46. The smallest absolute Gasteiger partial charge is 0.238 e. The number of methoxy groups -OCH3 is 1. The van der Waals surface area contributed by atoms with Crippen LogP contribution in [0, 0.1) is 5.92 Å². The number of anilines is 2. The fourth-order valence-electron chi connectivity index (χ4n) is 6.90. The molecule has 41 heavy (non-hydrogen) atoms. The van der Waals surface area contributed by atoms with Crippen LogP contribution in [0.2, 0.25) is 5.02 Å². The van der Waals surface area contributed by atoms with E-state index in [1.165, 1.54) is 7.11 Å². The predicted octanol–water partition coefficient (Wildman–Crippen LogP) is 6.20. The maximum Gasteiger partial charge on any atom is 0.238 e. The van der Waals surface area contributed by atoms with Gasteiger partial charge in [0.25, 0.3) is 0 Å². The SMILES string of the molecule is COc1cccc(C(=O)[C@@H]2[C@H](C(=O)c3ccccc3Cl)N3c4ccccc4C=C[C@@H]3[C@]23C(=O)Nc2ccccc23)c1. The summed E-state index contributed by atoms with van der Waals surface area (Å²) in [7, 11) is 1.53. The van der Waals surface area contributed by atoms with E-state index in [0.29, 0.717) is 33.1 Å². The van der Waals surface area contributed by atoms with Gasteiger partial charge in [0, 0.05) is 22.5 Å². The lowest BCUT2D eigenvalue weighted by Crippen LogP contribution is -2.51. The molecule has 1 amide bonds. The Morgan fingerprint density at radius 1 is 0.902 bits per heavy atom. The molecule has 3 aliphatic heterocycles. The molecule has 4 aromatic rings. The van der Waals surface area contributed by atoms with Crippen molar-refractivity contribution in [3.05, 3.63) is 130 Å². The van der Waals surface area contributed by atoms with E-state index in [2.05, 4.69) is 5.32 Å². The van der Waals surface area contributed by atoms with Crippen molar-refractivity contribution in [2.24, 2.45) is 5.92 Å². The van der Waals surface area contributed by atoms with Gasteiger partial charge in [0.1, 0.15) is 17.2 Å². The lowest BCUT2D eigenvalue weighted by atomic mass is 9.64. The zero-order valence-electron chi connectivity index (χ0n) is 22.1. The molecule has 4 aromatic carbocycles. The van der Waals surface area contributed by atoms with Crippen LogP contribution in [0.3, 0.4) is 0 Å². The van der Waals surface area contributed by atoms with Gasteiger partial charge < -0.3 is 15.0 Å². The summed E-state index contributed by atoms with van der Waals surface area (Å²) in [6, 6.07) is 27.2. The zero-order chi connectivity index (χ0) is 28.3. The fourth-order valence-corrected chi connectivity index (χ4v) is 7.12. The van der Waals surface area contributed by atoms with Gasteiger partial charge in [0.15, 0.2) is 11.6 Å². The molecule has 3 heterocycles. The first-order valence-corrected chi connectivity index (χ1v) is 13.8. The molecule has 1 spiro atoms. The van der Waals surface area contributed by atoms with E-state index in [-0.39, 0.29) is 17.5 Å².